The molecule has 0 aliphatic rings. The van der Waals surface area contributed by atoms with Crippen LogP contribution in [0, 0.1) is 11.6 Å². The van der Waals surface area contributed by atoms with Crippen LogP contribution in [-0.2, 0) is 10.2 Å². The first-order valence-corrected chi connectivity index (χ1v) is 5.64. The molecular formula is C13H13F5O2. The summed E-state index contributed by atoms with van der Waals surface area (Å²) >= 11 is 0. The molecule has 1 atom stereocenters. The third kappa shape index (κ3) is 3.15. The largest absolute Gasteiger partial charge is 0.424 e. The number of halogens is 5. The molecule has 20 heavy (non-hydrogen) atoms. The van der Waals surface area contributed by atoms with Gasteiger partial charge in [-0.25, -0.2) is 8.78 Å². The van der Waals surface area contributed by atoms with Crippen molar-refractivity contribution in [1.82, 2.24) is 0 Å². The van der Waals surface area contributed by atoms with Gasteiger partial charge in [-0.05, 0) is 29.2 Å². The summed E-state index contributed by atoms with van der Waals surface area (Å²) in [5, 5.41) is 9.40. The lowest BCUT2D eigenvalue weighted by Gasteiger charge is -2.34. The number of hydrogen-bond acceptors (Lipinski definition) is 2. The number of benzene rings is 1. The lowest BCUT2D eigenvalue weighted by atomic mass is 9.75. The molecule has 1 unspecified atom stereocenters. The number of rotatable bonds is 4. The van der Waals surface area contributed by atoms with Crippen LogP contribution in [0.15, 0.2) is 18.2 Å². The van der Waals surface area contributed by atoms with Crippen molar-refractivity contribution >= 4 is 6.29 Å². The molecule has 0 heterocycles. The van der Waals surface area contributed by atoms with Gasteiger partial charge in [-0.15, -0.1) is 0 Å². The summed E-state index contributed by atoms with van der Waals surface area (Å²) in [4.78, 5) is 10.6. The van der Waals surface area contributed by atoms with Crippen molar-refractivity contribution in [3.63, 3.8) is 0 Å². The Kier molecular flexibility index (Phi) is 4.24. The minimum Gasteiger partial charge on any atom is -0.374 e. The SMILES string of the molecule is CC(C)(CC(O)(C=O)C(F)(F)F)c1cc(F)ccc1F. The van der Waals surface area contributed by atoms with Gasteiger partial charge in [0.2, 0.25) is 5.60 Å². The molecule has 0 aliphatic heterocycles. The standard InChI is InChI=1S/C13H13F5O2/c1-11(2,6-12(20,7-19)13(16,17)18)9-5-8(14)3-4-10(9)15/h3-5,7,20H,6H2,1-2H3. The summed E-state index contributed by atoms with van der Waals surface area (Å²) in [6.45, 7) is 2.37. The highest BCUT2D eigenvalue weighted by molar-refractivity contribution is 5.64. The smallest absolute Gasteiger partial charge is 0.374 e. The highest BCUT2D eigenvalue weighted by atomic mass is 19.4. The molecule has 112 valence electrons. The van der Waals surface area contributed by atoms with Crippen LogP contribution in [0.4, 0.5) is 22.0 Å². The summed E-state index contributed by atoms with van der Waals surface area (Å²) in [5.74, 6) is -1.73. The summed E-state index contributed by atoms with van der Waals surface area (Å²) in [6.07, 6.45) is -6.95. The topological polar surface area (TPSA) is 37.3 Å². The van der Waals surface area contributed by atoms with Crippen LogP contribution in [-0.4, -0.2) is 23.2 Å². The van der Waals surface area contributed by atoms with Crippen molar-refractivity contribution in [2.24, 2.45) is 0 Å². The van der Waals surface area contributed by atoms with Gasteiger partial charge in [0, 0.05) is 6.42 Å². The predicted octanol–water partition coefficient (Wildman–Crippen LogP) is 3.12. The second-order valence-corrected chi connectivity index (χ2v) is 5.22. The molecule has 0 saturated carbocycles. The van der Waals surface area contributed by atoms with Crippen molar-refractivity contribution in [3.05, 3.63) is 35.4 Å². The molecule has 0 radical (unpaired) electrons. The maximum absolute atomic E-state index is 13.6. The van der Waals surface area contributed by atoms with Gasteiger partial charge in [-0.2, -0.15) is 13.2 Å². The fraction of sp³-hybridized carbons (Fsp3) is 0.462. The Labute approximate surface area is 112 Å². The quantitative estimate of drug-likeness (QED) is 0.684. The van der Waals surface area contributed by atoms with E-state index >= 15 is 0 Å². The fourth-order valence-electron chi connectivity index (χ4n) is 1.99. The Hall–Kier alpha value is -1.50. The molecule has 1 rings (SSSR count). The van der Waals surface area contributed by atoms with Gasteiger partial charge in [0.05, 0.1) is 0 Å². The lowest BCUT2D eigenvalue weighted by molar-refractivity contribution is -0.250. The van der Waals surface area contributed by atoms with Crippen molar-refractivity contribution in [2.45, 2.75) is 37.5 Å². The molecule has 7 heteroatoms. The zero-order valence-corrected chi connectivity index (χ0v) is 10.8. The van der Waals surface area contributed by atoms with E-state index in [1.807, 2.05) is 0 Å². The third-order valence-corrected chi connectivity index (χ3v) is 3.05. The fourth-order valence-corrected chi connectivity index (χ4v) is 1.99. The molecule has 1 aromatic rings. The van der Waals surface area contributed by atoms with E-state index in [0.29, 0.717) is 0 Å². The molecule has 1 aromatic carbocycles. The minimum absolute atomic E-state index is 0.345. The van der Waals surface area contributed by atoms with E-state index < -0.39 is 41.5 Å². The number of aldehydes is 1. The summed E-state index contributed by atoms with van der Waals surface area (Å²) in [5.41, 5.74) is -5.56. The van der Waals surface area contributed by atoms with Crippen molar-refractivity contribution in [3.8, 4) is 0 Å². The molecule has 0 aromatic heterocycles. The van der Waals surface area contributed by atoms with Crippen molar-refractivity contribution in [2.75, 3.05) is 0 Å². The van der Waals surface area contributed by atoms with E-state index in [9.17, 15) is 31.9 Å². The molecule has 0 aliphatic carbocycles. The average Bonchev–Trinajstić information content (AvgIpc) is 2.30. The number of carbonyl (C=O) groups is 1. The highest BCUT2D eigenvalue weighted by Crippen LogP contribution is 2.40. The van der Waals surface area contributed by atoms with Crippen molar-refractivity contribution in [1.29, 1.82) is 0 Å². The normalized spacial score (nSPS) is 15.8. The molecule has 0 bridgehead atoms. The first kappa shape index (κ1) is 16.6. The van der Waals surface area contributed by atoms with Gasteiger partial charge < -0.3 is 5.11 Å². The first-order chi connectivity index (χ1) is 8.93. The Morgan fingerprint density at radius 2 is 1.75 bits per heavy atom. The monoisotopic (exact) mass is 296 g/mol. The van der Waals surface area contributed by atoms with Gasteiger partial charge in [-0.1, -0.05) is 13.8 Å². The third-order valence-electron chi connectivity index (χ3n) is 3.05. The Balaban J connectivity index is 3.23. The molecule has 0 fully saturated rings. The maximum atomic E-state index is 13.6. The summed E-state index contributed by atoms with van der Waals surface area (Å²) in [6, 6.07) is 2.35. The molecule has 2 nitrogen and oxygen atoms in total. The van der Waals surface area contributed by atoms with Crippen LogP contribution in [0.1, 0.15) is 25.8 Å². The Morgan fingerprint density at radius 3 is 2.20 bits per heavy atom. The van der Waals surface area contributed by atoms with Gasteiger partial charge in [-0.3, -0.25) is 4.79 Å². The van der Waals surface area contributed by atoms with Gasteiger partial charge in [0.25, 0.3) is 0 Å². The predicted molar refractivity (Wildman–Crippen MR) is 61.1 cm³/mol. The van der Waals surface area contributed by atoms with Crippen LogP contribution >= 0.6 is 0 Å². The van der Waals surface area contributed by atoms with Crippen LogP contribution in [0.5, 0.6) is 0 Å². The van der Waals surface area contributed by atoms with Gasteiger partial charge in [0.1, 0.15) is 11.6 Å². The average molecular weight is 296 g/mol. The van der Waals surface area contributed by atoms with E-state index in [4.69, 9.17) is 0 Å². The maximum Gasteiger partial charge on any atom is 0.424 e. The van der Waals surface area contributed by atoms with E-state index in [1.165, 1.54) is 13.8 Å². The van der Waals surface area contributed by atoms with Crippen LogP contribution in [0.2, 0.25) is 0 Å². The Morgan fingerprint density at radius 1 is 1.20 bits per heavy atom. The molecule has 1 N–H and O–H groups in total. The van der Waals surface area contributed by atoms with E-state index in [2.05, 4.69) is 0 Å². The summed E-state index contributed by atoms with van der Waals surface area (Å²) in [7, 11) is 0. The molecule has 0 amide bonds. The molecule has 0 saturated heterocycles. The number of carbonyl (C=O) groups excluding carboxylic acids is 1. The van der Waals surface area contributed by atoms with E-state index in [1.54, 1.807) is 0 Å². The van der Waals surface area contributed by atoms with Crippen LogP contribution in [0.3, 0.4) is 0 Å². The zero-order valence-electron chi connectivity index (χ0n) is 10.8. The number of aliphatic hydroxyl groups is 1. The van der Waals surface area contributed by atoms with Crippen LogP contribution in [0.25, 0.3) is 0 Å². The minimum atomic E-state index is -5.20. The van der Waals surface area contributed by atoms with E-state index in [0.717, 1.165) is 18.2 Å². The molecule has 0 spiro atoms. The van der Waals surface area contributed by atoms with Gasteiger partial charge >= 0.3 is 6.18 Å². The highest BCUT2D eigenvalue weighted by Gasteiger charge is 2.56. The summed E-state index contributed by atoms with van der Waals surface area (Å²) < 4.78 is 64.8. The second-order valence-electron chi connectivity index (χ2n) is 5.22. The zero-order chi connectivity index (χ0) is 15.8. The van der Waals surface area contributed by atoms with Gasteiger partial charge in [0.15, 0.2) is 6.29 Å². The van der Waals surface area contributed by atoms with Crippen LogP contribution < -0.4 is 0 Å². The first-order valence-electron chi connectivity index (χ1n) is 5.64. The Bertz CT molecular complexity index is 510. The molecular weight excluding hydrogens is 283 g/mol. The van der Waals surface area contributed by atoms with Crippen molar-refractivity contribution < 1.29 is 31.9 Å². The number of hydrogen-bond donors (Lipinski definition) is 1. The lowest BCUT2D eigenvalue weighted by Crippen LogP contribution is -2.50. The second kappa shape index (κ2) is 5.12. The van der Waals surface area contributed by atoms with E-state index in [-0.39, 0.29) is 5.56 Å². The number of alkyl halides is 3.